The highest BCUT2D eigenvalue weighted by molar-refractivity contribution is 6.16. The van der Waals surface area contributed by atoms with Crippen LogP contribution >= 0.6 is 0 Å². The first-order chi connectivity index (χ1) is 23.0. The summed E-state index contributed by atoms with van der Waals surface area (Å²) in [5.74, 6) is 1.36. The van der Waals surface area contributed by atoms with Crippen LogP contribution in [0, 0.1) is 0 Å². The lowest BCUT2D eigenvalue weighted by Gasteiger charge is -2.11. The van der Waals surface area contributed by atoms with Gasteiger partial charge >= 0.3 is 0 Å². The molecule has 6 aromatic carbocycles. The van der Waals surface area contributed by atoms with Crippen molar-refractivity contribution in [1.82, 2.24) is 15.0 Å². The van der Waals surface area contributed by atoms with E-state index in [0.717, 1.165) is 44.2 Å². The van der Waals surface area contributed by atoms with Gasteiger partial charge in [0.2, 0.25) is 0 Å². The first kappa shape index (κ1) is 21.6. The summed E-state index contributed by atoms with van der Waals surface area (Å²) in [6.07, 6.45) is 0. The molecule has 0 amide bonds. The Labute approximate surface area is 256 Å². The normalized spacial score (nSPS) is 12.6. The lowest BCUT2D eigenvalue weighted by atomic mass is 9.98. The van der Waals surface area contributed by atoms with E-state index in [1.165, 1.54) is 6.07 Å². The van der Waals surface area contributed by atoms with Gasteiger partial charge in [-0.05, 0) is 35.9 Å². The van der Waals surface area contributed by atoms with Gasteiger partial charge in [-0.1, -0.05) is 109 Å². The Balaban J connectivity index is 1.39. The number of benzene rings is 6. The highest BCUT2D eigenvalue weighted by Crippen LogP contribution is 2.42. The molecule has 0 unspecified atom stereocenters. The molecule has 3 heterocycles. The van der Waals surface area contributed by atoms with Gasteiger partial charge in [-0.2, -0.15) is 0 Å². The molecule has 0 fully saturated rings. The van der Waals surface area contributed by atoms with Crippen molar-refractivity contribution in [3.8, 4) is 45.3 Å². The van der Waals surface area contributed by atoms with E-state index in [1.54, 1.807) is 0 Å². The van der Waals surface area contributed by atoms with E-state index in [1.807, 2.05) is 115 Å². The Hall–Kier alpha value is -6.07. The highest BCUT2D eigenvalue weighted by atomic mass is 16.3. The van der Waals surface area contributed by atoms with Gasteiger partial charge in [0.15, 0.2) is 17.5 Å². The number of rotatable bonds is 4. The van der Waals surface area contributed by atoms with E-state index in [9.17, 15) is 0 Å². The molecule has 0 aliphatic rings. The van der Waals surface area contributed by atoms with Crippen molar-refractivity contribution >= 4 is 43.9 Å². The van der Waals surface area contributed by atoms with Crippen molar-refractivity contribution < 1.29 is 12.9 Å². The van der Waals surface area contributed by atoms with Crippen molar-refractivity contribution in [1.29, 1.82) is 0 Å². The minimum absolute atomic E-state index is 0.0707. The van der Waals surface area contributed by atoms with Gasteiger partial charge in [-0.25, -0.2) is 15.0 Å². The number of aromatic nitrogens is 3. The monoisotopic (exact) mass is 568 g/mol. The minimum Gasteiger partial charge on any atom is -0.456 e. The summed E-state index contributed by atoms with van der Waals surface area (Å²) in [5, 5.41) is 2.93. The lowest BCUT2D eigenvalue weighted by Crippen LogP contribution is -2.01. The van der Waals surface area contributed by atoms with Gasteiger partial charge in [0.25, 0.3) is 0 Å². The van der Waals surface area contributed by atoms with Crippen LogP contribution in [-0.2, 0) is 0 Å². The molecule has 3 aromatic heterocycles. The molecular formula is C39H23N3O2. The molecule has 0 bridgehead atoms. The first-order valence-corrected chi connectivity index (χ1v) is 14.3. The number of hydrogen-bond donors (Lipinski definition) is 0. The predicted octanol–water partition coefficient (Wildman–Crippen LogP) is 10.3. The maximum Gasteiger partial charge on any atom is 0.164 e. The summed E-state index contributed by atoms with van der Waals surface area (Å²) < 4.78 is 38.3. The SMILES string of the molecule is [2H]c1cc2oc3c(-c4ccccc4)ccc(-c4nc(-c5ccccc5)nc(-c5cccc6oc7ccccc7c56)n4)c3c2c([2H])c1[2H]. The molecule has 206 valence electrons. The lowest BCUT2D eigenvalue weighted by molar-refractivity contribution is 0.669. The predicted molar refractivity (Wildman–Crippen MR) is 176 cm³/mol. The second kappa shape index (κ2) is 9.75. The van der Waals surface area contributed by atoms with Crippen molar-refractivity contribution in [3.05, 3.63) is 139 Å². The third-order valence-corrected chi connectivity index (χ3v) is 7.97. The van der Waals surface area contributed by atoms with Crippen molar-refractivity contribution in [2.24, 2.45) is 0 Å². The molecule has 9 aromatic rings. The third-order valence-electron chi connectivity index (χ3n) is 7.97. The summed E-state index contributed by atoms with van der Waals surface area (Å²) in [6.45, 7) is 0. The zero-order valence-corrected chi connectivity index (χ0v) is 23.2. The van der Waals surface area contributed by atoms with E-state index in [2.05, 4.69) is 0 Å². The molecule has 0 atom stereocenters. The maximum absolute atomic E-state index is 8.93. The molecule has 5 nitrogen and oxygen atoms in total. The molecule has 0 saturated carbocycles. The largest absolute Gasteiger partial charge is 0.456 e. The van der Waals surface area contributed by atoms with Gasteiger partial charge < -0.3 is 8.83 Å². The molecule has 5 heteroatoms. The van der Waals surface area contributed by atoms with Crippen molar-refractivity contribution in [2.75, 3.05) is 0 Å². The van der Waals surface area contributed by atoms with Crippen LogP contribution in [0.1, 0.15) is 4.11 Å². The number of fused-ring (bicyclic) bond motifs is 6. The molecular weight excluding hydrogens is 542 g/mol. The van der Waals surface area contributed by atoms with E-state index in [-0.39, 0.29) is 18.1 Å². The number of para-hydroxylation sites is 2. The van der Waals surface area contributed by atoms with E-state index in [4.69, 9.17) is 27.9 Å². The average molecular weight is 569 g/mol. The molecule has 0 saturated heterocycles. The Morgan fingerprint density at radius 1 is 0.432 bits per heavy atom. The van der Waals surface area contributed by atoms with Crippen molar-refractivity contribution in [2.45, 2.75) is 0 Å². The van der Waals surface area contributed by atoms with Gasteiger partial charge in [0.05, 0.1) is 4.11 Å². The third kappa shape index (κ3) is 3.83. The second-order valence-corrected chi connectivity index (χ2v) is 10.6. The average Bonchev–Trinajstić information content (AvgIpc) is 3.70. The van der Waals surface area contributed by atoms with Crippen LogP contribution in [0.5, 0.6) is 0 Å². The van der Waals surface area contributed by atoms with Crippen LogP contribution in [0.3, 0.4) is 0 Å². The number of nitrogens with zero attached hydrogens (tertiary/aromatic N) is 3. The zero-order chi connectivity index (χ0) is 31.6. The minimum atomic E-state index is -0.170. The molecule has 0 aliphatic heterocycles. The smallest absolute Gasteiger partial charge is 0.164 e. The highest BCUT2D eigenvalue weighted by Gasteiger charge is 2.22. The van der Waals surface area contributed by atoms with Gasteiger partial charge in [-0.15, -0.1) is 0 Å². The molecule has 0 radical (unpaired) electrons. The second-order valence-electron chi connectivity index (χ2n) is 10.6. The summed E-state index contributed by atoms with van der Waals surface area (Å²) in [6, 6.07) is 38.5. The zero-order valence-electron chi connectivity index (χ0n) is 26.2. The summed E-state index contributed by atoms with van der Waals surface area (Å²) in [5.41, 5.74) is 6.43. The fourth-order valence-electron chi connectivity index (χ4n) is 5.97. The van der Waals surface area contributed by atoms with Gasteiger partial charge in [-0.3, -0.25) is 0 Å². The topological polar surface area (TPSA) is 65.0 Å². The molecule has 44 heavy (non-hydrogen) atoms. The summed E-state index contributed by atoms with van der Waals surface area (Å²) >= 11 is 0. The molecule has 0 N–H and O–H groups in total. The van der Waals surface area contributed by atoms with E-state index < -0.39 is 0 Å². The fourth-order valence-corrected chi connectivity index (χ4v) is 5.97. The number of furan rings is 2. The van der Waals surface area contributed by atoms with Crippen LogP contribution in [0.25, 0.3) is 89.2 Å². The van der Waals surface area contributed by atoms with Crippen LogP contribution in [-0.4, -0.2) is 15.0 Å². The van der Waals surface area contributed by atoms with Crippen LogP contribution in [0.4, 0.5) is 0 Å². The van der Waals surface area contributed by atoms with E-state index in [0.29, 0.717) is 45.0 Å². The number of hydrogen-bond acceptors (Lipinski definition) is 5. The fraction of sp³-hybridized carbons (Fsp3) is 0. The van der Waals surface area contributed by atoms with Crippen LogP contribution < -0.4 is 0 Å². The standard InChI is InChI=1S/C39H23N3O2/c1-3-12-24(13-4-1)26-22-23-30(35-28-17-8-10-20-32(28)44-36(26)35)39-41-37(25-14-5-2-6-15-25)40-38(42-39)29-18-11-21-33-34(29)27-16-7-9-19-31(27)43-33/h1-23H/i8D,10D,17D. The summed E-state index contributed by atoms with van der Waals surface area (Å²) in [4.78, 5) is 15.1. The Kier molecular flexibility index (Phi) is 4.79. The van der Waals surface area contributed by atoms with E-state index >= 15 is 0 Å². The first-order valence-electron chi connectivity index (χ1n) is 15.8. The Bertz CT molecular complexity index is 2670. The quantitative estimate of drug-likeness (QED) is 0.211. The Morgan fingerprint density at radius 2 is 1.07 bits per heavy atom. The molecule has 0 aliphatic carbocycles. The maximum atomic E-state index is 8.93. The van der Waals surface area contributed by atoms with Crippen LogP contribution in [0.2, 0.25) is 0 Å². The summed E-state index contributed by atoms with van der Waals surface area (Å²) in [7, 11) is 0. The molecule has 0 spiro atoms. The molecule has 9 rings (SSSR count). The van der Waals surface area contributed by atoms with Crippen LogP contribution in [0.15, 0.2) is 148 Å². The Morgan fingerprint density at radius 3 is 1.89 bits per heavy atom. The van der Waals surface area contributed by atoms with Gasteiger partial charge in [0.1, 0.15) is 22.3 Å². The van der Waals surface area contributed by atoms with Gasteiger partial charge in [0, 0.05) is 43.8 Å². The van der Waals surface area contributed by atoms with Crippen molar-refractivity contribution in [3.63, 3.8) is 0 Å².